The minimum Gasteiger partial charge on any atom is -0.398 e. The van der Waals surface area contributed by atoms with Crippen LogP contribution in [0.5, 0.6) is 0 Å². The van der Waals surface area contributed by atoms with E-state index in [1.54, 1.807) is 28.4 Å². The van der Waals surface area contributed by atoms with Gasteiger partial charge >= 0.3 is 0 Å². The normalized spacial score (nSPS) is 20.0. The SMILES string of the molecule is C.C=CC1(N2CC3CC(C3)C2)CC1.C=Cc1ccc(C)cc1N.CC.CNc1cc(C)ccc1CC(F)(F)P. The van der Waals surface area contributed by atoms with Crippen LogP contribution in [0.2, 0.25) is 0 Å². The number of fused-ring (bicyclic) bond motifs is 2. The summed E-state index contributed by atoms with van der Waals surface area (Å²) in [5.41, 5.74) is 8.85. The van der Waals surface area contributed by atoms with Gasteiger partial charge in [0.05, 0.1) is 0 Å². The van der Waals surface area contributed by atoms with Gasteiger partial charge in [0.15, 0.2) is 0 Å². The molecule has 3 N–H and O–H groups in total. The summed E-state index contributed by atoms with van der Waals surface area (Å²) in [7, 11) is 3.29. The lowest BCUT2D eigenvalue weighted by molar-refractivity contribution is 0.00533. The van der Waals surface area contributed by atoms with Gasteiger partial charge < -0.3 is 11.1 Å². The molecule has 218 valence electrons. The largest absolute Gasteiger partial charge is 0.398 e. The highest BCUT2D eigenvalue weighted by molar-refractivity contribution is 7.18. The molecule has 2 saturated carbocycles. The third kappa shape index (κ3) is 10.4. The van der Waals surface area contributed by atoms with Gasteiger partial charge in [0.2, 0.25) is 0 Å². The van der Waals surface area contributed by atoms with Gasteiger partial charge in [0, 0.05) is 43.5 Å². The van der Waals surface area contributed by atoms with Gasteiger partial charge in [-0.05, 0) is 85.8 Å². The van der Waals surface area contributed by atoms with Crippen molar-refractivity contribution >= 4 is 26.7 Å². The highest BCUT2D eigenvalue weighted by Crippen LogP contribution is 2.49. The lowest BCUT2D eigenvalue weighted by Crippen LogP contribution is -2.52. The average Bonchev–Trinajstić information content (AvgIpc) is 3.68. The first kappa shape index (κ1) is 34.8. The maximum Gasteiger partial charge on any atom is 0.263 e. The Bertz CT molecular complexity index is 1040. The number of nitrogens with two attached hydrogens (primary N) is 1. The van der Waals surface area contributed by atoms with E-state index in [9.17, 15) is 8.78 Å². The van der Waals surface area contributed by atoms with Crippen molar-refractivity contribution in [3.63, 3.8) is 0 Å². The van der Waals surface area contributed by atoms with E-state index in [4.69, 9.17) is 5.73 Å². The lowest BCUT2D eigenvalue weighted by atomic mass is 9.70. The van der Waals surface area contributed by atoms with Crippen LogP contribution in [0.1, 0.15) is 69.2 Å². The zero-order chi connectivity index (χ0) is 28.5. The minimum absolute atomic E-state index is 0. The van der Waals surface area contributed by atoms with Gasteiger partial charge in [-0.15, -0.1) is 6.58 Å². The summed E-state index contributed by atoms with van der Waals surface area (Å²) in [6.45, 7) is 18.3. The van der Waals surface area contributed by atoms with Crippen molar-refractivity contribution in [3.05, 3.63) is 77.9 Å². The molecule has 1 atom stereocenters. The molecule has 2 aromatic carbocycles. The van der Waals surface area contributed by atoms with Crippen LogP contribution in [0, 0.1) is 25.7 Å². The zero-order valence-electron chi connectivity index (χ0n) is 24.0. The van der Waals surface area contributed by atoms with Crippen LogP contribution in [0.25, 0.3) is 6.08 Å². The number of anilines is 2. The second kappa shape index (κ2) is 15.5. The highest BCUT2D eigenvalue weighted by atomic mass is 31.0. The van der Waals surface area contributed by atoms with Crippen LogP contribution in [0.15, 0.2) is 55.6 Å². The Kier molecular flexibility index (Phi) is 13.9. The number of nitrogen functional groups attached to an aromatic ring is 1. The highest BCUT2D eigenvalue weighted by Gasteiger charge is 2.50. The Labute approximate surface area is 239 Å². The third-order valence-corrected chi connectivity index (χ3v) is 7.69. The topological polar surface area (TPSA) is 41.3 Å². The predicted molar refractivity (Wildman–Crippen MR) is 173 cm³/mol. The molecule has 2 saturated heterocycles. The molecule has 2 aliphatic heterocycles. The summed E-state index contributed by atoms with van der Waals surface area (Å²) in [5, 5.41) is 2.92. The van der Waals surface area contributed by atoms with Crippen molar-refractivity contribution in [1.29, 1.82) is 0 Å². The molecule has 0 spiro atoms. The summed E-state index contributed by atoms with van der Waals surface area (Å²) in [6.07, 6.45) is 9.47. The summed E-state index contributed by atoms with van der Waals surface area (Å²) in [5.74, 6) is 2.09. The second-order valence-corrected chi connectivity index (χ2v) is 11.4. The molecule has 2 bridgehead atoms. The number of nitrogens with one attached hydrogen (secondary N) is 1. The lowest BCUT2D eigenvalue weighted by Gasteiger charge is -2.49. The first-order valence-corrected chi connectivity index (χ1v) is 14.4. The molecule has 3 nitrogen and oxygen atoms in total. The van der Waals surface area contributed by atoms with E-state index in [1.807, 2.05) is 58.0 Å². The Morgan fingerprint density at radius 1 is 1.05 bits per heavy atom. The quantitative estimate of drug-likeness (QED) is 0.211. The molecule has 0 aromatic heterocycles. The van der Waals surface area contributed by atoms with Crippen molar-refractivity contribution in [2.75, 3.05) is 31.2 Å². The van der Waals surface area contributed by atoms with E-state index in [0.29, 0.717) is 11.1 Å². The van der Waals surface area contributed by atoms with Gasteiger partial charge in [0.25, 0.3) is 5.66 Å². The fourth-order valence-corrected chi connectivity index (χ4v) is 5.44. The number of hydrogen-bond donors (Lipinski definition) is 2. The maximum atomic E-state index is 12.8. The van der Waals surface area contributed by atoms with Crippen molar-refractivity contribution < 1.29 is 8.78 Å². The van der Waals surface area contributed by atoms with E-state index in [-0.39, 0.29) is 13.8 Å². The van der Waals surface area contributed by atoms with Crippen LogP contribution in [-0.2, 0) is 6.42 Å². The fraction of sp³-hybridized carbons (Fsp3) is 0.515. The van der Waals surface area contributed by atoms with Crippen LogP contribution in [0.3, 0.4) is 0 Å². The Morgan fingerprint density at radius 2 is 1.59 bits per heavy atom. The average molecular weight is 560 g/mol. The monoisotopic (exact) mass is 559 g/mol. The Hall–Kier alpha value is -2.23. The van der Waals surface area contributed by atoms with Gasteiger partial charge in [-0.1, -0.05) is 73.5 Å². The van der Waals surface area contributed by atoms with Crippen molar-refractivity contribution in [3.8, 4) is 0 Å². The molecule has 6 rings (SSSR count). The van der Waals surface area contributed by atoms with Gasteiger partial charge in [0.1, 0.15) is 0 Å². The molecule has 6 heteroatoms. The fourth-order valence-electron chi connectivity index (χ4n) is 5.22. The molecular formula is C33H52F2N3P. The number of piperidine rings is 2. The Balaban J connectivity index is 0.000000283. The second-order valence-electron chi connectivity index (χ2n) is 10.6. The van der Waals surface area contributed by atoms with Gasteiger partial charge in [-0.2, -0.15) is 0 Å². The van der Waals surface area contributed by atoms with Crippen LogP contribution >= 0.6 is 9.24 Å². The number of benzene rings is 2. The number of rotatable bonds is 6. The molecule has 0 amide bonds. The smallest absolute Gasteiger partial charge is 0.263 e. The number of nitrogens with zero attached hydrogens (tertiary/aromatic N) is 1. The van der Waals surface area contributed by atoms with Crippen molar-refractivity contribution in [2.24, 2.45) is 11.8 Å². The number of alkyl halides is 2. The van der Waals surface area contributed by atoms with Gasteiger partial charge in [-0.3, -0.25) is 4.90 Å². The van der Waals surface area contributed by atoms with Crippen LogP contribution in [-0.4, -0.2) is 36.2 Å². The molecule has 2 aromatic rings. The first-order chi connectivity index (χ1) is 18.0. The Morgan fingerprint density at radius 3 is 2.03 bits per heavy atom. The predicted octanol–water partition coefficient (Wildman–Crippen LogP) is 8.98. The standard InChI is InChI=1S/C11H17N.C10H14F2NP.C9H11N.C2H6.CH4/c1-2-11(3-4-11)12-7-9-5-10(6-9)8-12;1-7-3-4-8(6-10(11,12)14)9(5-7)13-2;1-3-8-5-4-7(2)6-9(8)10;1-2;/h2,9-10H,1,3-8H2;3-5,13H,6,14H2,1-2H3;3-6H,1,10H2,2H3;1-2H3;1H4. The zero-order valence-corrected chi connectivity index (χ0v) is 25.2. The maximum absolute atomic E-state index is 12.8. The number of halogens is 2. The minimum atomic E-state index is -2.74. The summed E-state index contributed by atoms with van der Waals surface area (Å²) in [6, 6.07) is 11.4. The molecule has 0 radical (unpaired) electrons. The first-order valence-electron chi connectivity index (χ1n) is 13.8. The molecule has 39 heavy (non-hydrogen) atoms. The third-order valence-electron chi connectivity index (χ3n) is 7.49. The number of hydrogen-bond acceptors (Lipinski definition) is 3. The van der Waals surface area contributed by atoms with E-state index in [1.165, 1.54) is 44.3 Å². The van der Waals surface area contributed by atoms with Crippen molar-refractivity contribution in [2.45, 2.75) is 78.4 Å². The van der Waals surface area contributed by atoms with Crippen LogP contribution < -0.4 is 11.1 Å². The summed E-state index contributed by atoms with van der Waals surface area (Å²) < 4.78 is 25.5. The van der Waals surface area contributed by atoms with Crippen LogP contribution in [0.4, 0.5) is 20.2 Å². The molecule has 2 heterocycles. The van der Waals surface area contributed by atoms with Gasteiger partial charge in [-0.25, -0.2) is 8.78 Å². The molecular weight excluding hydrogens is 507 g/mol. The molecule has 1 unspecified atom stereocenters. The summed E-state index contributed by atoms with van der Waals surface area (Å²) in [4.78, 5) is 2.70. The van der Waals surface area contributed by atoms with E-state index >= 15 is 0 Å². The van der Waals surface area contributed by atoms with E-state index in [0.717, 1.165) is 34.3 Å². The van der Waals surface area contributed by atoms with Crippen molar-refractivity contribution in [1.82, 2.24) is 4.90 Å². The molecule has 2 aliphatic carbocycles. The molecule has 4 fully saturated rings. The van der Waals surface area contributed by atoms with E-state index < -0.39 is 5.66 Å². The van der Waals surface area contributed by atoms with E-state index in [2.05, 4.69) is 29.5 Å². The molecule has 4 aliphatic rings. The number of aryl methyl sites for hydroxylation is 2. The summed E-state index contributed by atoms with van der Waals surface area (Å²) >= 11 is 0.